The number of carboxylic acid groups (broad SMARTS) is 1. The number of nitrogens with one attached hydrogen (secondary N) is 3. The van der Waals surface area contributed by atoms with Gasteiger partial charge in [0.2, 0.25) is 11.8 Å². The Balaban J connectivity index is 0.965. The molecule has 4 N–H and O–H groups in total. The number of aromatic amines is 2. The van der Waals surface area contributed by atoms with Crippen LogP contribution in [-0.2, 0) is 25.7 Å². The number of ether oxygens (including phenoxy) is 3. The van der Waals surface area contributed by atoms with E-state index in [1.165, 1.54) is 19.1 Å². The number of benzene rings is 3. The van der Waals surface area contributed by atoms with Crippen LogP contribution in [0.15, 0.2) is 48.7 Å². The van der Waals surface area contributed by atoms with Crippen molar-refractivity contribution in [1.82, 2.24) is 40.0 Å². The Kier molecular flexibility index (Phi) is 11.7. The van der Waals surface area contributed by atoms with Gasteiger partial charge < -0.3 is 44.4 Å². The zero-order chi connectivity index (χ0) is 45.0. The topological polar surface area (TPSA) is 195 Å². The molecule has 4 amide bonds. The molecule has 0 radical (unpaired) electrons. The molecule has 0 saturated carbocycles. The molecule has 16 nitrogen and oxygen atoms in total. The standard InChI is InChI=1S/C48H58N8O8/c1-7-25(2)40(53-47(59)62-6)45(57)55-26(3)9-15-38(55)44-50-35-13-11-29-21-34-32-12-10-30(20-31(32)24-64-39(34)22-33(29)41(35)52-44)36-23-49-43(51-36)37-14-8-27(4)56(37)46(58)42(54(5)48(60)61)28-16-18-63-19-17-28/h10-13,20-23,25-28,37-38,40,42H,7-9,14-19,24H2,1-6H3,(H,49,51)(H,50,52)(H,53,59)(H,60,61)/t25-,26-,27-,37-,38-,40-,42-/m0/s1. The average Bonchev–Trinajstić information content (AvgIpc) is 4.13. The molecule has 4 aliphatic heterocycles. The monoisotopic (exact) mass is 874 g/mol. The molecule has 0 bridgehead atoms. The predicted molar refractivity (Wildman–Crippen MR) is 239 cm³/mol. The van der Waals surface area contributed by atoms with E-state index in [-0.39, 0.29) is 47.8 Å². The Bertz CT molecular complexity index is 2600. The smallest absolute Gasteiger partial charge is 0.407 e. The van der Waals surface area contributed by atoms with Gasteiger partial charge in [-0.3, -0.25) is 14.5 Å². The largest absolute Gasteiger partial charge is 0.488 e. The van der Waals surface area contributed by atoms with Crippen LogP contribution in [-0.4, -0.2) is 115 Å². The first-order valence-electron chi connectivity index (χ1n) is 22.7. The highest BCUT2D eigenvalue weighted by Crippen LogP contribution is 2.44. The highest BCUT2D eigenvalue weighted by atomic mass is 16.5. The van der Waals surface area contributed by atoms with Crippen molar-refractivity contribution in [2.75, 3.05) is 27.4 Å². The summed E-state index contributed by atoms with van der Waals surface area (Å²) in [6.07, 6.45) is 5.11. The summed E-state index contributed by atoms with van der Waals surface area (Å²) in [5.41, 5.74) is 6.53. The van der Waals surface area contributed by atoms with Gasteiger partial charge in [0, 0.05) is 43.3 Å². The van der Waals surface area contributed by atoms with Crippen LogP contribution in [0.2, 0.25) is 0 Å². The van der Waals surface area contributed by atoms with E-state index in [2.05, 4.69) is 51.7 Å². The third-order valence-corrected chi connectivity index (χ3v) is 14.4. The van der Waals surface area contributed by atoms with E-state index < -0.39 is 24.3 Å². The maximum Gasteiger partial charge on any atom is 0.407 e. The minimum Gasteiger partial charge on any atom is -0.488 e. The fraction of sp³-hybridized carbons (Fsp3) is 0.500. The number of carbonyl (C=O) groups excluding carboxylic acids is 3. The van der Waals surface area contributed by atoms with Crippen LogP contribution in [0.1, 0.15) is 102 Å². The molecule has 7 atom stereocenters. The summed E-state index contributed by atoms with van der Waals surface area (Å²) in [4.78, 5) is 74.8. The Morgan fingerprint density at radius 1 is 0.922 bits per heavy atom. The highest BCUT2D eigenvalue weighted by Gasteiger charge is 2.45. The van der Waals surface area contributed by atoms with E-state index in [4.69, 9.17) is 24.2 Å². The fourth-order valence-corrected chi connectivity index (χ4v) is 10.6. The summed E-state index contributed by atoms with van der Waals surface area (Å²) in [5.74, 6) is 1.64. The van der Waals surface area contributed by atoms with E-state index in [0.29, 0.717) is 50.7 Å². The number of methoxy groups -OCH3 is 1. The lowest BCUT2D eigenvalue weighted by Crippen LogP contribution is -2.54. The van der Waals surface area contributed by atoms with Crippen molar-refractivity contribution in [1.29, 1.82) is 0 Å². The second-order valence-corrected chi connectivity index (χ2v) is 18.2. The number of nitrogens with zero attached hydrogens (tertiary/aromatic N) is 5. The number of alkyl carbamates (subject to hydrolysis) is 1. The molecule has 3 saturated heterocycles. The first kappa shape index (κ1) is 43.1. The van der Waals surface area contributed by atoms with Crippen LogP contribution in [0.25, 0.3) is 44.2 Å². The normalized spacial score (nSPS) is 22.4. The molecule has 0 unspecified atom stereocenters. The van der Waals surface area contributed by atoms with Gasteiger partial charge in [-0.25, -0.2) is 19.6 Å². The predicted octanol–water partition coefficient (Wildman–Crippen LogP) is 7.95. The Morgan fingerprint density at radius 2 is 1.64 bits per heavy atom. The summed E-state index contributed by atoms with van der Waals surface area (Å²) >= 11 is 0. The molecule has 338 valence electrons. The van der Waals surface area contributed by atoms with Gasteiger partial charge in [0.25, 0.3) is 0 Å². The Hall–Kier alpha value is -6.16. The van der Waals surface area contributed by atoms with E-state index >= 15 is 0 Å². The van der Waals surface area contributed by atoms with Crippen molar-refractivity contribution in [3.05, 3.63) is 65.9 Å². The molecule has 3 fully saturated rings. The molecular weight excluding hydrogens is 817 g/mol. The quantitative estimate of drug-likeness (QED) is 0.107. The number of amides is 4. The summed E-state index contributed by atoms with van der Waals surface area (Å²) in [5, 5.41) is 14.7. The maximum atomic E-state index is 14.3. The first-order chi connectivity index (χ1) is 30.9. The SMILES string of the molecule is CC[C@H](C)[C@H](NC(=O)OC)C(=O)N1[C@@H](C)CC[C@H]1c1nc2ccc3cc4c(cc3c2[nH]1)OCc1cc(-c2cnc([C@@H]3CC[C@H](C)N3C(=O)[C@H](C3CCOCC3)N(C)C(=O)O)[nH]2)ccc1-4. The highest BCUT2D eigenvalue weighted by molar-refractivity contribution is 6.07. The number of rotatable bonds is 10. The average molecular weight is 875 g/mol. The maximum absolute atomic E-state index is 14.3. The number of likely N-dealkylation sites (N-methyl/N-ethyl adjacent to an activating group) is 1. The van der Waals surface area contributed by atoms with Crippen molar-refractivity contribution in [2.45, 2.75) is 115 Å². The van der Waals surface area contributed by atoms with Gasteiger partial charge in [-0.2, -0.15) is 0 Å². The molecule has 2 aromatic heterocycles. The van der Waals surface area contributed by atoms with Gasteiger partial charge in [-0.1, -0.05) is 38.5 Å². The number of imidazole rings is 2. The fourth-order valence-electron chi connectivity index (χ4n) is 10.6. The van der Waals surface area contributed by atoms with Crippen molar-refractivity contribution in [3.63, 3.8) is 0 Å². The van der Waals surface area contributed by atoms with Gasteiger partial charge in [-0.15, -0.1) is 0 Å². The van der Waals surface area contributed by atoms with E-state index in [1.54, 1.807) is 0 Å². The summed E-state index contributed by atoms with van der Waals surface area (Å²) < 4.78 is 16.9. The van der Waals surface area contributed by atoms with Crippen molar-refractivity contribution < 1.29 is 38.5 Å². The molecule has 6 heterocycles. The van der Waals surface area contributed by atoms with Crippen molar-refractivity contribution in [3.8, 4) is 28.1 Å². The van der Waals surface area contributed by atoms with Crippen molar-refractivity contribution in [2.24, 2.45) is 11.8 Å². The van der Waals surface area contributed by atoms with Gasteiger partial charge in [0.1, 0.15) is 36.1 Å². The molecule has 0 spiro atoms. The number of carbonyl (C=O) groups is 4. The second kappa shape index (κ2) is 17.4. The summed E-state index contributed by atoms with van der Waals surface area (Å²) in [7, 11) is 2.79. The summed E-state index contributed by atoms with van der Waals surface area (Å²) in [6, 6.07) is 12.4. The van der Waals surface area contributed by atoms with Gasteiger partial charge in [0.05, 0.1) is 42.1 Å². The molecule has 64 heavy (non-hydrogen) atoms. The van der Waals surface area contributed by atoms with E-state index in [9.17, 15) is 24.3 Å². The molecule has 3 aromatic carbocycles. The third kappa shape index (κ3) is 7.68. The number of hydrogen-bond acceptors (Lipinski definition) is 9. The Labute approximate surface area is 372 Å². The zero-order valence-electron chi connectivity index (χ0n) is 37.3. The zero-order valence-corrected chi connectivity index (χ0v) is 37.3. The minimum atomic E-state index is -1.12. The van der Waals surface area contributed by atoms with Gasteiger partial charge in [0.15, 0.2) is 0 Å². The van der Waals surface area contributed by atoms with Crippen LogP contribution in [0, 0.1) is 11.8 Å². The van der Waals surface area contributed by atoms with E-state index in [1.807, 2.05) is 49.8 Å². The molecule has 4 aliphatic rings. The lowest BCUT2D eigenvalue weighted by atomic mass is 9.89. The lowest BCUT2D eigenvalue weighted by Gasteiger charge is -2.39. The molecule has 16 heteroatoms. The minimum absolute atomic E-state index is 0.0309. The van der Waals surface area contributed by atoms with Crippen molar-refractivity contribution >= 4 is 45.8 Å². The van der Waals surface area contributed by atoms with Crippen LogP contribution in [0.4, 0.5) is 9.59 Å². The number of aromatic nitrogens is 4. The second-order valence-electron chi connectivity index (χ2n) is 18.2. The summed E-state index contributed by atoms with van der Waals surface area (Å²) in [6.45, 7) is 9.42. The number of fused-ring (bicyclic) bond motifs is 6. The van der Waals surface area contributed by atoms with Crippen LogP contribution >= 0.6 is 0 Å². The third-order valence-electron chi connectivity index (χ3n) is 14.4. The number of H-pyrrole nitrogens is 2. The van der Waals surface area contributed by atoms with Gasteiger partial charge in [-0.05, 0) is 111 Å². The molecular formula is C48H58N8O8. The lowest BCUT2D eigenvalue weighted by molar-refractivity contribution is -0.142. The number of likely N-dealkylation sites (tertiary alicyclic amines) is 2. The molecule has 9 rings (SSSR count). The molecule has 0 aliphatic carbocycles. The molecule has 5 aromatic rings. The first-order valence-corrected chi connectivity index (χ1v) is 22.7. The van der Waals surface area contributed by atoms with E-state index in [0.717, 1.165) is 81.2 Å². The Morgan fingerprint density at radius 3 is 2.34 bits per heavy atom. The van der Waals surface area contributed by atoms with Crippen LogP contribution < -0.4 is 10.1 Å². The number of hydrogen-bond donors (Lipinski definition) is 4. The van der Waals surface area contributed by atoms with Crippen LogP contribution in [0.3, 0.4) is 0 Å². The van der Waals surface area contributed by atoms with Crippen LogP contribution in [0.5, 0.6) is 5.75 Å². The van der Waals surface area contributed by atoms with Gasteiger partial charge >= 0.3 is 12.2 Å².